The average molecular weight is 765 g/mol. The molecule has 6 nitrogen and oxygen atoms in total. The lowest BCUT2D eigenvalue weighted by atomic mass is 10.0. The molecule has 1 atom stereocenters. The van der Waals surface area contributed by atoms with Gasteiger partial charge >= 0.3 is 17.9 Å². The van der Waals surface area contributed by atoms with Crippen LogP contribution in [0, 0.1) is 5.92 Å². The number of hydrogen-bond acceptors (Lipinski definition) is 6. The second kappa shape index (κ2) is 42.6. The molecule has 0 rings (SSSR count). The van der Waals surface area contributed by atoms with E-state index in [1.807, 2.05) is 0 Å². The average Bonchev–Trinajstić information content (AvgIpc) is 3.15. The van der Waals surface area contributed by atoms with Crippen molar-refractivity contribution in [3.05, 3.63) is 0 Å². The Morgan fingerprint density at radius 1 is 0.352 bits per heavy atom. The van der Waals surface area contributed by atoms with Crippen LogP contribution in [0.25, 0.3) is 0 Å². The van der Waals surface area contributed by atoms with Gasteiger partial charge in [0.2, 0.25) is 0 Å². The highest BCUT2D eigenvalue weighted by Crippen LogP contribution is 2.16. The summed E-state index contributed by atoms with van der Waals surface area (Å²) in [5.41, 5.74) is 0. The Balaban J connectivity index is 4.28. The maximum absolute atomic E-state index is 12.7. The number of carbonyl (C=O) groups excluding carboxylic acids is 3. The highest BCUT2D eigenvalue weighted by Gasteiger charge is 2.19. The number of esters is 3. The van der Waals surface area contributed by atoms with Gasteiger partial charge in [0, 0.05) is 19.3 Å². The van der Waals surface area contributed by atoms with E-state index in [1.54, 1.807) is 0 Å². The first-order valence-electron chi connectivity index (χ1n) is 23.9. The molecule has 0 aromatic carbocycles. The summed E-state index contributed by atoms with van der Waals surface area (Å²) in [6.07, 6.45) is 42.3. The second-order valence-corrected chi connectivity index (χ2v) is 16.9. The van der Waals surface area contributed by atoms with Gasteiger partial charge in [-0.1, -0.05) is 227 Å². The zero-order chi connectivity index (χ0) is 39.6. The number of rotatable bonds is 43. The highest BCUT2D eigenvalue weighted by molar-refractivity contribution is 5.71. The lowest BCUT2D eigenvalue weighted by Crippen LogP contribution is -2.30. The Kier molecular flexibility index (Phi) is 41.3. The number of hydrogen-bond donors (Lipinski definition) is 0. The third-order valence-electron chi connectivity index (χ3n) is 10.8. The molecule has 0 aromatic rings. The van der Waals surface area contributed by atoms with Gasteiger partial charge in [-0.2, -0.15) is 0 Å². The van der Waals surface area contributed by atoms with Crippen molar-refractivity contribution in [3.8, 4) is 0 Å². The van der Waals surface area contributed by atoms with Gasteiger partial charge in [0.1, 0.15) is 13.2 Å². The van der Waals surface area contributed by atoms with E-state index in [-0.39, 0.29) is 31.1 Å². The molecule has 0 unspecified atom stereocenters. The minimum absolute atomic E-state index is 0.0634. The van der Waals surface area contributed by atoms with Gasteiger partial charge < -0.3 is 14.2 Å². The van der Waals surface area contributed by atoms with Crippen LogP contribution in [0.4, 0.5) is 0 Å². The van der Waals surface area contributed by atoms with Crippen LogP contribution in [-0.4, -0.2) is 37.2 Å². The molecule has 0 aromatic heterocycles. The molecule has 0 aliphatic heterocycles. The number of unbranched alkanes of at least 4 members (excludes halogenated alkanes) is 30. The van der Waals surface area contributed by atoms with Crippen LogP contribution in [0.15, 0.2) is 0 Å². The molecule has 0 spiro atoms. The van der Waals surface area contributed by atoms with E-state index in [4.69, 9.17) is 14.2 Å². The largest absolute Gasteiger partial charge is 0.462 e. The van der Waals surface area contributed by atoms with Gasteiger partial charge in [-0.25, -0.2) is 0 Å². The van der Waals surface area contributed by atoms with E-state index in [1.165, 1.54) is 161 Å². The van der Waals surface area contributed by atoms with Crippen molar-refractivity contribution in [3.63, 3.8) is 0 Å². The summed E-state index contributed by atoms with van der Waals surface area (Å²) < 4.78 is 16.7. The molecule has 0 aliphatic carbocycles. The van der Waals surface area contributed by atoms with Gasteiger partial charge in [-0.05, 0) is 25.2 Å². The van der Waals surface area contributed by atoms with Crippen molar-refractivity contribution in [1.82, 2.24) is 0 Å². The molecule has 54 heavy (non-hydrogen) atoms. The maximum atomic E-state index is 12.7. The highest BCUT2D eigenvalue weighted by atomic mass is 16.6. The van der Waals surface area contributed by atoms with Crippen LogP contribution in [0.3, 0.4) is 0 Å². The van der Waals surface area contributed by atoms with Crippen molar-refractivity contribution in [2.45, 2.75) is 271 Å². The van der Waals surface area contributed by atoms with E-state index < -0.39 is 6.10 Å². The Hall–Kier alpha value is -1.59. The maximum Gasteiger partial charge on any atom is 0.306 e. The number of ether oxygens (including phenoxy) is 3. The zero-order valence-electron chi connectivity index (χ0n) is 36.7. The van der Waals surface area contributed by atoms with Crippen molar-refractivity contribution in [2.75, 3.05) is 13.2 Å². The smallest absolute Gasteiger partial charge is 0.306 e. The summed E-state index contributed by atoms with van der Waals surface area (Å²) in [6, 6.07) is 0. The summed E-state index contributed by atoms with van der Waals surface area (Å²) in [5.74, 6) is -0.0149. The third kappa shape index (κ3) is 41.6. The lowest BCUT2D eigenvalue weighted by Gasteiger charge is -2.18. The van der Waals surface area contributed by atoms with E-state index in [2.05, 4.69) is 27.7 Å². The molecule has 0 N–H and O–H groups in total. The molecule has 0 fully saturated rings. The van der Waals surface area contributed by atoms with Gasteiger partial charge in [-0.15, -0.1) is 0 Å². The SMILES string of the molecule is CCCCCCCCCCCCCC(=O)OC[C@H](COC(=O)CCCCCCCCCCC)OC(=O)CCCCCCCCCCCCCCCC(C)C. The van der Waals surface area contributed by atoms with Gasteiger partial charge in [0.05, 0.1) is 0 Å². The standard InChI is InChI=1S/C48H92O6/c1-5-7-9-11-13-15-19-24-28-32-36-40-47(50)53-43-45(42-52-46(49)39-35-31-27-22-14-12-10-8-6-2)54-48(51)41-37-33-29-25-21-18-16-17-20-23-26-30-34-38-44(3)4/h44-45H,5-43H2,1-4H3/t45-/m0/s1. The molecular weight excluding hydrogens is 673 g/mol. The van der Waals surface area contributed by atoms with Crippen molar-refractivity contribution in [2.24, 2.45) is 5.92 Å². The quantitative estimate of drug-likeness (QED) is 0.0349. The van der Waals surface area contributed by atoms with Crippen LogP contribution in [0.1, 0.15) is 265 Å². The fourth-order valence-corrected chi connectivity index (χ4v) is 7.16. The normalized spacial score (nSPS) is 11.9. The van der Waals surface area contributed by atoms with Gasteiger partial charge in [0.15, 0.2) is 6.10 Å². The molecule has 0 bridgehead atoms. The fraction of sp³-hybridized carbons (Fsp3) is 0.938. The van der Waals surface area contributed by atoms with Crippen molar-refractivity contribution < 1.29 is 28.6 Å². The molecule has 0 amide bonds. The molecule has 0 heterocycles. The predicted molar refractivity (Wildman–Crippen MR) is 229 cm³/mol. The minimum Gasteiger partial charge on any atom is -0.462 e. The van der Waals surface area contributed by atoms with Crippen molar-refractivity contribution >= 4 is 17.9 Å². The Morgan fingerprint density at radius 2 is 0.611 bits per heavy atom. The third-order valence-corrected chi connectivity index (χ3v) is 10.8. The van der Waals surface area contributed by atoms with Crippen LogP contribution < -0.4 is 0 Å². The summed E-state index contributed by atoms with van der Waals surface area (Å²) in [4.78, 5) is 37.7. The first-order chi connectivity index (χ1) is 26.4. The van der Waals surface area contributed by atoms with Gasteiger partial charge in [-0.3, -0.25) is 14.4 Å². The van der Waals surface area contributed by atoms with Crippen LogP contribution >= 0.6 is 0 Å². The van der Waals surface area contributed by atoms with E-state index in [9.17, 15) is 14.4 Å². The number of carbonyl (C=O) groups is 3. The first kappa shape index (κ1) is 52.4. The van der Waals surface area contributed by atoms with Crippen LogP contribution in [0.5, 0.6) is 0 Å². The topological polar surface area (TPSA) is 78.9 Å². The monoisotopic (exact) mass is 765 g/mol. The second-order valence-electron chi connectivity index (χ2n) is 16.9. The Labute approximate surface area is 336 Å². The Bertz CT molecular complexity index is 811. The summed E-state index contributed by atoms with van der Waals surface area (Å²) >= 11 is 0. The molecule has 0 saturated heterocycles. The molecule has 6 heteroatoms. The molecule has 0 aliphatic rings. The predicted octanol–water partition coefficient (Wildman–Crippen LogP) is 15.1. The molecule has 320 valence electrons. The van der Waals surface area contributed by atoms with Crippen molar-refractivity contribution in [1.29, 1.82) is 0 Å². The lowest BCUT2D eigenvalue weighted by molar-refractivity contribution is -0.167. The van der Waals surface area contributed by atoms with Crippen LogP contribution in [-0.2, 0) is 28.6 Å². The minimum atomic E-state index is -0.758. The molecule has 0 radical (unpaired) electrons. The van der Waals surface area contributed by atoms with E-state index in [0.29, 0.717) is 19.3 Å². The summed E-state index contributed by atoms with van der Waals surface area (Å²) in [7, 11) is 0. The Morgan fingerprint density at radius 3 is 0.907 bits per heavy atom. The van der Waals surface area contributed by atoms with Crippen LogP contribution in [0.2, 0.25) is 0 Å². The van der Waals surface area contributed by atoms with Gasteiger partial charge in [0.25, 0.3) is 0 Å². The molecule has 0 saturated carbocycles. The summed E-state index contributed by atoms with van der Waals surface area (Å²) in [5, 5.41) is 0. The summed E-state index contributed by atoms with van der Waals surface area (Å²) in [6.45, 7) is 8.99. The van der Waals surface area contributed by atoms with E-state index >= 15 is 0 Å². The molecular formula is C48H92O6. The zero-order valence-corrected chi connectivity index (χ0v) is 36.7. The van der Waals surface area contributed by atoms with E-state index in [0.717, 1.165) is 63.7 Å². The first-order valence-corrected chi connectivity index (χ1v) is 23.9. The fourth-order valence-electron chi connectivity index (χ4n) is 7.16.